The number of aliphatic hydroxyl groups excluding tert-OH is 1. The molecule has 0 aromatic heterocycles. The molecule has 1 aromatic carbocycles. The largest absolute Gasteiger partial charge is 0.497 e. The van der Waals surface area contributed by atoms with Gasteiger partial charge in [0.15, 0.2) is 0 Å². The van der Waals surface area contributed by atoms with Gasteiger partial charge in [-0.15, -0.1) is 0 Å². The van der Waals surface area contributed by atoms with Crippen LogP contribution in [0.15, 0.2) is 24.3 Å². The van der Waals surface area contributed by atoms with Crippen molar-refractivity contribution in [3.63, 3.8) is 0 Å². The van der Waals surface area contributed by atoms with E-state index in [0.717, 1.165) is 11.3 Å². The molecule has 0 spiro atoms. The van der Waals surface area contributed by atoms with Crippen LogP contribution in [0, 0.1) is 0 Å². The lowest BCUT2D eigenvalue weighted by molar-refractivity contribution is -0.00350. The summed E-state index contributed by atoms with van der Waals surface area (Å²) in [4.78, 5) is 0. The molecule has 0 amide bonds. The molecule has 78 valence electrons. The van der Waals surface area contributed by atoms with Gasteiger partial charge in [-0.3, -0.25) is 0 Å². The first-order valence-corrected chi connectivity index (χ1v) is 4.54. The highest BCUT2D eigenvalue weighted by molar-refractivity contribution is 5.28. The van der Waals surface area contributed by atoms with Gasteiger partial charge >= 0.3 is 0 Å². The summed E-state index contributed by atoms with van der Waals surface area (Å²) < 4.78 is 10.2. The Balaban J connectivity index is 2.84. The molecular formula is C11H16O3. The fourth-order valence-electron chi connectivity index (χ4n) is 1.41. The van der Waals surface area contributed by atoms with Crippen LogP contribution in [0.1, 0.15) is 18.6 Å². The molecule has 0 saturated carbocycles. The minimum atomic E-state index is -0.520. The molecule has 0 fully saturated rings. The number of rotatable bonds is 4. The van der Waals surface area contributed by atoms with Crippen LogP contribution < -0.4 is 4.74 Å². The van der Waals surface area contributed by atoms with Crippen molar-refractivity contribution in [2.75, 3.05) is 14.2 Å². The molecule has 0 aliphatic rings. The lowest BCUT2D eigenvalue weighted by atomic mass is 10.1. The van der Waals surface area contributed by atoms with E-state index in [-0.39, 0.29) is 6.10 Å². The molecule has 0 saturated heterocycles. The summed E-state index contributed by atoms with van der Waals surface area (Å²) in [5.41, 5.74) is 0.948. The van der Waals surface area contributed by atoms with Gasteiger partial charge < -0.3 is 14.6 Å². The third kappa shape index (κ3) is 2.47. The van der Waals surface area contributed by atoms with Gasteiger partial charge in [-0.25, -0.2) is 0 Å². The highest BCUT2D eigenvalue weighted by atomic mass is 16.5. The number of aliphatic hydroxyl groups is 1. The van der Waals surface area contributed by atoms with E-state index in [0.29, 0.717) is 0 Å². The number of hydrogen-bond donors (Lipinski definition) is 1. The fourth-order valence-corrected chi connectivity index (χ4v) is 1.41. The summed E-state index contributed by atoms with van der Waals surface area (Å²) >= 11 is 0. The van der Waals surface area contributed by atoms with Gasteiger partial charge in [0, 0.05) is 7.11 Å². The second-order valence-electron chi connectivity index (χ2n) is 3.17. The van der Waals surface area contributed by atoms with E-state index in [2.05, 4.69) is 0 Å². The van der Waals surface area contributed by atoms with E-state index in [1.807, 2.05) is 24.3 Å². The minimum absolute atomic E-state index is 0.277. The van der Waals surface area contributed by atoms with Gasteiger partial charge in [0.2, 0.25) is 0 Å². The minimum Gasteiger partial charge on any atom is -0.497 e. The van der Waals surface area contributed by atoms with E-state index >= 15 is 0 Å². The molecule has 3 nitrogen and oxygen atoms in total. The average molecular weight is 196 g/mol. The third-order valence-electron chi connectivity index (χ3n) is 2.14. The number of ether oxygens (including phenoxy) is 2. The molecule has 14 heavy (non-hydrogen) atoms. The molecular weight excluding hydrogens is 180 g/mol. The first-order chi connectivity index (χ1) is 6.69. The van der Waals surface area contributed by atoms with Crippen LogP contribution in [0.3, 0.4) is 0 Å². The van der Waals surface area contributed by atoms with Crippen LogP contribution in [0.25, 0.3) is 0 Å². The summed E-state index contributed by atoms with van der Waals surface area (Å²) in [7, 11) is 3.21. The SMILES string of the molecule is COc1ccc(C(OC)C(C)O)cc1. The van der Waals surface area contributed by atoms with E-state index < -0.39 is 6.10 Å². The van der Waals surface area contributed by atoms with Gasteiger partial charge in [0.05, 0.1) is 13.2 Å². The van der Waals surface area contributed by atoms with Gasteiger partial charge in [-0.1, -0.05) is 12.1 Å². The molecule has 2 unspecified atom stereocenters. The topological polar surface area (TPSA) is 38.7 Å². The van der Waals surface area contributed by atoms with Crippen molar-refractivity contribution in [3.8, 4) is 5.75 Å². The molecule has 1 aromatic rings. The maximum absolute atomic E-state index is 9.44. The van der Waals surface area contributed by atoms with Crippen LogP contribution >= 0.6 is 0 Å². The molecule has 3 heteroatoms. The van der Waals surface area contributed by atoms with Gasteiger partial charge in [0.25, 0.3) is 0 Å². The van der Waals surface area contributed by atoms with Gasteiger partial charge in [0.1, 0.15) is 11.9 Å². The molecule has 1 N–H and O–H groups in total. The summed E-state index contributed by atoms with van der Waals surface area (Å²) in [6.45, 7) is 1.71. The van der Waals surface area contributed by atoms with Gasteiger partial charge in [-0.05, 0) is 24.6 Å². The Labute approximate surface area is 84.3 Å². The Hall–Kier alpha value is -1.06. The van der Waals surface area contributed by atoms with Crippen molar-refractivity contribution < 1.29 is 14.6 Å². The molecule has 0 heterocycles. The molecule has 0 aliphatic heterocycles. The summed E-state index contributed by atoms with van der Waals surface area (Å²) in [6.07, 6.45) is -0.797. The normalized spacial score (nSPS) is 14.9. The Bertz CT molecular complexity index is 266. The Kier molecular flexibility index (Phi) is 3.92. The van der Waals surface area contributed by atoms with Crippen LogP contribution in [0.5, 0.6) is 5.75 Å². The summed E-state index contributed by atoms with van der Waals surface area (Å²) in [5.74, 6) is 0.800. The first kappa shape index (κ1) is 11.0. The number of benzene rings is 1. The van der Waals surface area contributed by atoms with E-state index in [9.17, 15) is 5.11 Å². The number of methoxy groups -OCH3 is 2. The van der Waals surface area contributed by atoms with Crippen molar-refractivity contribution in [1.82, 2.24) is 0 Å². The second-order valence-corrected chi connectivity index (χ2v) is 3.17. The lowest BCUT2D eigenvalue weighted by Gasteiger charge is -2.18. The Morgan fingerprint density at radius 1 is 1.14 bits per heavy atom. The highest BCUT2D eigenvalue weighted by Gasteiger charge is 2.15. The zero-order valence-corrected chi connectivity index (χ0v) is 8.73. The predicted molar refractivity (Wildman–Crippen MR) is 54.4 cm³/mol. The molecule has 0 bridgehead atoms. The maximum Gasteiger partial charge on any atom is 0.118 e. The van der Waals surface area contributed by atoms with Crippen molar-refractivity contribution >= 4 is 0 Å². The molecule has 0 aliphatic carbocycles. The molecule has 2 atom stereocenters. The predicted octanol–water partition coefficient (Wildman–Crippen LogP) is 1.76. The van der Waals surface area contributed by atoms with E-state index in [1.54, 1.807) is 21.1 Å². The van der Waals surface area contributed by atoms with Crippen molar-refractivity contribution in [3.05, 3.63) is 29.8 Å². The third-order valence-corrected chi connectivity index (χ3v) is 2.14. The van der Waals surface area contributed by atoms with Crippen molar-refractivity contribution in [2.45, 2.75) is 19.1 Å². The van der Waals surface area contributed by atoms with E-state index in [1.165, 1.54) is 0 Å². The highest BCUT2D eigenvalue weighted by Crippen LogP contribution is 2.22. The van der Waals surface area contributed by atoms with Crippen molar-refractivity contribution in [1.29, 1.82) is 0 Å². The fraction of sp³-hybridized carbons (Fsp3) is 0.455. The van der Waals surface area contributed by atoms with Crippen LogP contribution in [0.4, 0.5) is 0 Å². The Morgan fingerprint density at radius 2 is 1.71 bits per heavy atom. The zero-order chi connectivity index (χ0) is 10.6. The van der Waals surface area contributed by atoms with Crippen LogP contribution in [-0.4, -0.2) is 25.4 Å². The van der Waals surface area contributed by atoms with Crippen molar-refractivity contribution in [2.24, 2.45) is 0 Å². The number of hydrogen-bond acceptors (Lipinski definition) is 3. The summed E-state index contributed by atoms with van der Waals surface area (Å²) in [6, 6.07) is 7.48. The quantitative estimate of drug-likeness (QED) is 0.797. The van der Waals surface area contributed by atoms with Crippen LogP contribution in [0.2, 0.25) is 0 Å². The Morgan fingerprint density at radius 3 is 2.07 bits per heavy atom. The molecule has 0 radical (unpaired) electrons. The second kappa shape index (κ2) is 4.98. The molecule has 1 rings (SSSR count). The van der Waals surface area contributed by atoms with E-state index in [4.69, 9.17) is 9.47 Å². The monoisotopic (exact) mass is 196 g/mol. The lowest BCUT2D eigenvalue weighted by Crippen LogP contribution is -2.16. The smallest absolute Gasteiger partial charge is 0.118 e. The standard InChI is InChI=1S/C11H16O3/c1-8(12)11(14-3)9-4-6-10(13-2)7-5-9/h4-8,11-12H,1-3H3. The first-order valence-electron chi connectivity index (χ1n) is 4.54. The van der Waals surface area contributed by atoms with Crippen LogP contribution in [-0.2, 0) is 4.74 Å². The average Bonchev–Trinajstić information content (AvgIpc) is 2.19. The maximum atomic E-state index is 9.44. The zero-order valence-electron chi connectivity index (χ0n) is 8.73. The van der Waals surface area contributed by atoms with Gasteiger partial charge in [-0.2, -0.15) is 0 Å². The summed E-state index contributed by atoms with van der Waals surface area (Å²) in [5, 5.41) is 9.44.